The molecule has 0 atom stereocenters. The Kier molecular flexibility index (Phi) is 5.02. The van der Waals surface area contributed by atoms with Crippen molar-refractivity contribution in [3.05, 3.63) is 51.5 Å². The summed E-state index contributed by atoms with van der Waals surface area (Å²) in [5.41, 5.74) is 2.96. The lowest BCUT2D eigenvalue weighted by Crippen LogP contribution is -2.36. The summed E-state index contributed by atoms with van der Waals surface area (Å²) < 4.78 is 5.24. The van der Waals surface area contributed by atoms with Crippen LogP contribution in [0.25, 0.3) is 0 Å². The van der Waals surface area contributed by atoms with Gasteiger partial charge < -0.3 is 9.72 Å². The van der Waals surface area contributed by atoms with Crippen molar-refractivity contribution in [2.45, 2.75) is 57.5 Å². The minimum Gasteiger partial charge on any atom is -0.495 e. The Hall–Kier alpha value is -2.21. The lowest BCUT2D eigenvalue weighted by Gasteiger charge is -2.28. The highest BCUT2D eigenvalue weighted by atomic mass is 16.5. The summed E-state index contributed by atoms with van der Waals surface area (Å²) in [5, 5.41) is 0. The molecule has 0 radical (unpaired) electrons. The number of hydrogen-bond donors (Lipinski definition) is 1. The number of pyridine rings is 1. The molecule has 138 valence electrons. The smallest absolute Gasteiger partial charge is 0.255 e. The first-order valence-corrected chi connectivity index (χ1v) is 9.55. The Morgan fingerprint density at radius 1 is 1.27 bits per heavy atom. The molecular weight excluding hydrogens is 328 g/mol. The molecule has 1 saturated carbocycles. The standard InChI is InChI=1S/C20H26N4O2/c1-26-16-9-14(10-21-11-16)12-24-8-7-18-17(13-24)20(25)23-19(22-18)15-5-3-2-4-6-15/h9-11,15H,2-8,12-13H2,1H3,(H,22,23,25). The van der Waals surface area contributed by atoms with Gasteiger partial charge in [-0.15, -0.1) is 0 Å². The molecule has 1 fully saturated rings. The van der Waals surface area contributed by atoms with E-state index < -0.39 is 0 Å². The minimum atomic E-state index is 0.0454. The molecule has 1 N–H and O–H groups in total. The quantitative estimate of drug-likeness (QED) is 0.914. The molecule has 0 bridgehead atoms. The first-order chi connectivity index (χ1) is 12.7. The van der Waals surface area contributed by atoms with E-state index in [1.807, 2.05) is 12.3 Å². The number of fused-ring (bicyclic) bond motifs is 1. The molecule has 1 aliphatic carbocycles. The van der Waals surface area contributed by atoms with E-state index >= 15 is 0 Å². The topological polar surface area (TPSA) is 71.1 Å². The van der Waals surface area contributed by atoms with Crippen LogP contribution in [-0.4, -0.2) is 33.5 Å². The third-order valence-corrected chi connectivity index (χ3v) is 5.57. The highest BCUT2D eigenvalue weighted by molar-refractivity contribution is 5.25. The minimum absolute atomic E-state index is 0.0454. The molecule has 26 heavy (non-hydrogen) atoms. The summed E-state index contributed by atoms with van der Waals surface area (Å²) in [7, 11) is 1.65. The Morgan fingerprint density at radius 3 is 2.92 bits per heavy atom. The number of aromatic nitrogens is 3. The number of H-pyrrole nitrogens is 1. The molecule has 0 amide bonds. The van der Waals surface area contributed by atoms with Crippen LogP contribution in [0.4, 0.5) is 0 Å². The summed E-state index contributed by atoms with van der Waals surface area (Å²) >= 11 is 0. The van der Waals surface area contributed by atoms with Gasteiger partial charge >= 0.3 is 0 Å². The van der Waals surface area contributed by atoms with Gasteiger partial charge in [-0.2, -0.15) is 0 Å². The van der Waals surface area contributed by atoms with Gasteiger partial charge in [-0.25, -0.2) is 4.98 Å². The van der Waals surface area contributed by atoms with Crippen LogP contribution in [0.2, 0.25) is 0 Å². The molecule has 6 heteroatoms. The van der Waals surface area contributed by atoms with E-state index in [1.165, 1.54) is 19.3 Å². The van der Waals surface area contributed by atoms with Crippen LogP contribution in [0.5, 0.6) is 5.75 Å². The van der Waals surface area contributed by atoms with Crippen molar-refractivity contribution in [3.63, 3.8) is 0 Å². The monoisotopic (exact) mass is 354 g/mol. The fraction of sp³-hybridized carbons (Fsp3) is 0.550. The maximum Gasteiger partial charge on any atom is 0.255 e. The van der Waals surface area contributed by atoms with E-state index in [-0.39, 0.29) is 5.56 Å². The summed E-state index contributed by atoms with van der Waals surface area (Å²) in [6.45, 7) is 2.30. The summed E-state index contributed by atoms with van der Waals surface area (Å²) in [4.78, 5) is 27.1. The average molecular weight is 354 g/mol. The summed E-state index contributed by atoms with van der Waals surface area (Å²) in [6, 6.07) is 2.00. The van der Waals surface area contributed by atoms with Crippen LogP contribution in [0.3, 0.4) is 0 Å². The van der Waals surface area contributed by atoms with Crippen LogP contribution in [0.1, 0.15) is 60.7 Å². The molecule has 0 saturated heterocycles. The van der Waals surface area contributed by atoms with Gasteiger partial charge in [-0.3, -0.25) is 14.7 Å². The molecule has 0 spiro atoms. The second-order valence-corrected chi connectivity index (χ2v) is 7.41. The van der Waals surface area contributed by atoms with Gasteiger partial charge in [-0.1, -0.05) is 19.3 Å². The Labute approximate surface area is 153 Å². The predicted molar refractivity (Wildman–Crippen MR) is 99.3 cm³/mol. The first kappa shape index (κ1) is 17.2. The van der Waals surface area contributed by atoms with Crippen LogP contribution >= 0.6 is 0 Å². The van der Waals surface area contributed by atoms with E-state index in [1.54, 1.807) is 13.3 Å². The normalized spacial score (nSPS) is 18.5. The fourth-order valence-electron chi connectivity index (χ4n) is 4.12. The van der Waals surface area contributed by atoms with Gasteiger partial charge in [0.25, 0.3) is 5.56 Å². The Balaban J connectivity index is 1.50. The van der Waals surface area contributed by atoms with E-state index in [0.717, 1.165) is 60.7 Å². The molecule has 2 aromatic rings. The van der Waals surface area contributed by atoms with Gasteiger partial charge in [0.2, 0.25) is 0 Å². The zero-order valence-corrected chi connectivity index (χ0v) is 15.3. The number of methoxy groups -OCH3 is 1. The molecule has 0 unspecified atom stereocenters. The summed E-state index contributed by atoms with van der Waals surface area (Å²) in [5.74, 6) is 2.11. The van der Waals surface area contributed by atoms with Crippen LogP contribution < -0.4 is 10.3 Å². The highest BCUT2D eigenvalue weighted by Crippen LogP contribution is 2.30. The van der Waals surface area contributed by atoms with Crippen molar-refractivity contribution in [1.82, 2.24) is 19.9 Å². The molecule has 2 aliphatic rings. The largest absolute Gasteiger partial charge is 0.495 e. The number of hydrogen-bond acceptors (Lipinski definition) is 5. The Morgan fingerprint density at radius 2 is 2.12 bits per heavy atom. The van der Waals surface area contributed by atoms with Gasteiger partial charge in [0.05, 0.1) is 24.6 Å². The SMILES string of the molecule is COc1cncc(CN2CCc3nc(C4CCCCC4)[nH]c(=O)c3C2)c1. The Bertz CT molecular complexity index is 827. The van der Waals surface area contributed by atoms with Gasteiger partial charge in [0, 0.05) is 38.2 Å². The van der Waals surface area contributed by atoms with Crippen molar-refractivity contribution >= 4 is 0 Å². The maximum absolute atomic E-state index is 12.7. The average Bonchev–Trinajstić information content (AvgIpc) is 2.69. The van der Waals surface area contributed by atoms with Gasteiger partial charge in [0.15, 0.2) is 0 Å². The van der Waals surface area contributed by atoms with Gasteiger partial charge in [0.1, 0.15) is 11.6 Å². The van der Waals surface area contributed by atoms with E-state index in [9.17, 15) is 4.79 Å². The summed E-state index contributed by atoms with van der Waals surface area (Å²) in [6.07, 6.45) is 10.5. The molecule has 0 aromatic carbocycles. The van der Waals surface area contributed by atoms with Crippen molar-refractivity contribution in [2.75, 3.05) is 13.7 Å². The van der Waals surface area contributed by atoms with E-state index in [4.69, 9.17) is 9.72 Å². The number of nitrogens with one attached hydrogen (secondary N) is 1. The van der Waals surface area contributed by atoms with Crippen molar-refractivity contribution in [1.29, 1.82) is 0 Å². The van der Waals surface area contributed by atoms with E-state index in [0.29, 0.717) is 12.5 Å². The molecule has 4 rings (SSSR count). The van der Waals surface area contributed by atoms with Crippen molar-refractivity contribution in [2.24, 2.45) is 0 Å². The zero-order valence-electron chi connectivity index (χ0n) is 15.3. The van der Waals surface area contributed by atoms with Crippen LogP contribution in [0, 0.1) is 0 Å². The highest BCUT2D eigenvalue weighted by Gasteiger charge is 2.24. The predicted octanol–water partition coefficient (Wildman–Crippen LogP) is 2.78. The van der Waals surface area contributed by atoms with Crippen molar-refractivity contribution < 1.29 is 4.74 Å². The molecule has 3 heterocycles. The third-order valence-electron chi connectivity index (χ3n) is 5.57. The lowest BCUT2D eigenvalue weighted by molar-refractivity contribution is 0.240. The number of ether oxygens (including phenoxy) is 1. The van der Waals surface area contributed by atoms with Gasteiger partial charge in [-0.05, 0) is 24.5 Å². The fourth-order valence-corrected chi connectivity index (χ4v) is 4.12. The van der Waals surface area contributed by atoms with E-state index in [2.05, 4.69) is 14.9 Å². The number of rotatable bonds is 4. The lowest BCUT2D eigenvalue weighted by atomic mass is 9.88. The molecule has 2 aromatic heterocycles. The van der Waals surface area contributed by atoms with Crippen LogP contribution in [-0.2, 0) is 19.5 Å². The first-order valence-electron chi connectivity index (χ1n) is 9.55. The second kappa shape index (κ2) is 7.58. The second-order valence-electron chi connectivity index (χ2n) is 7.41. The molecule has 6 nitrogen and oxygen atoms in total. The number of nitrogens with zero attached hydrogens (tertiary/aromatic N) is 3. The maximum atomic E-state index is 12.7. The van der Waals surface area contributed by atoms with Crippen LogP contribution in [0.15, 0.2) is 23.3 Å². The number of aromatic amines is 1. The third kappa shape index (κ3) is 3.65. The molecule has 1 aliphatic heterocycles. The zero-order chi connectivity index (χ0) is 17.9. The van der Waals surface area contributed by atoms with Crippen molar-refractivity contribution in [3.8, 4) is 5.75 Å². The molecular formula is C20H26N4O2.